The van der Waals surface area contributed by atoms with Crippen LogP contribution in [0.1, 0.15) is 25.0 Å². The van der Waals surface area contributed by atoms with Gasteiger partial charge in [0.1, 0.15) is 0 Å². The molecule has 11 heavy (non-hydrogen) atoms. The minimum absolute atomic E-state index is 1.12. The van der Waals surface area contributed by atoms with Crippen LogP contribution < -0.4 is 0 Å². The van der Waals surface area contributed by atoms with Gasteiger partial charge < -0.3 is 0 Å². The largest absolute Gasteiger partial charge is 0.0871 e. The second kappa shape index (κ2) is 3.97. The topological polar surface area (TPSA) is 0 Å². The summed E-state index contributed by atoms with van der Waals surface area (Å²) >= 11 is 0. The highest BCUT2D eigenvalue weighted by atomic mass is 13.9. The van der Waals surface area contributed by atoms with Crippen LogP contribution in [0.3, 0.4) is 0 Å². The second-order valence-electron chi connectivity index (χ2n) is 2.60. The summed E-state index contributed by atoms with van der Waals surface area (Å²) in [6, 6.07) is 8.61. The smallest absolute Gasteiger partial charge is 0.0257 e. The van der Waals surface area contributed by atoms with Crippen LogP contribution in [-0.2, 0) is 6.42 Å². The van der Waals surface area contributed by atoms with E-state index < -0.39 is 0 Å². The molecule has 0 amide bonds. The first-order valence-corrected chi connectivity index (χ1v) is 4.08. The van der Waals surface area contributed by atoms with Crippen LogP contribution in [0.4, 0.5) is 0 Å². The number of hydrogen-bond acceptors (Lipinski definition) is 0. The molecule has 0 fully saturated rings. The first kappa shape index (κ1) is 8.06. The number of hydrogen-bond donors (Lipinski definition) is 0. The van der Waals surface area contributed by atoms with Crippen molar-refractivity contribution in [2.75, 3.05) is 0 Å². The Hall–Kier alpha value is -1.04. The Morgan fingerprint density at radius 1 is 1.36 bits per heavy atom. The van der Waals surface area contributed by atoms with Crippen molar-refractivity contribution in [1.29, 1.82) is 0 Å². The van der Waals surface area contributed by atoms with E-state index in [4.69, 9.17) is 0 Å². The third kappa shape index (κ3) is 2.23. The van der Waals surface area contributed by atoms with Gasteiger partial charge >= 0.3 is 0 Å². The SMILES string of the molecule is C/C=C/c1cccc(CC)c1. The molecule has 1 aromatic rings. The number of allylic oxidation sites excluding steroid dienone is 1. The Labute approximate surface area is 68.6 Å². The molecule has 0 aliphatic carbocycles. The van der Waals surface area contributed by atoms with Gasteiger partial charge in [0.2, 0.25) is 0 Å². The van der Waals surface area contributed by atoms with Crippen molar-refractivity contribution in [2.45, 2.75) is 20.3 Å². The molecule has 0 bridgehead atoms. The van der Waals surface area contributed by atoms with Crippen LogP contribution in [0, 0.1) is 0 Å². The number of benzene rings is 1. The van der Waals surface area contributed by atoms with Crippen molar-refractivity contribution in [3.05, 3.63) is 41.5 Å². The van der Waals surface area contributed by atoms with Crippen molar-refractivity contribution in [2.24, 2.45) is 0 Å². The van der Waals surface area contributed by atoms with Gasteiger partial charge in [0.15, 0.2) is 0 Å². The van der Waals surface area contributed by atoms with Gasteiger partial charge in [-0.3, -0.25) is 0 Å². The Bertz CT molecular complexity index is 246. The first-order chi connectivity index (χ1) is 5.36. The van der Waals surface area contributed by atoms with Crippen LogP contribution in [0.25, 0.3) is 6.08 Å². The minimum Gasteiger partial charge on any atom is -0.0871 e. The van der Waals surface area contributed by atoms with Gasteiger partial charge in [0.25, 0.3) is 0 Å². The molecule has 0 saturated carbocycles. The fraction of sp³-hybridized carbons (Fsp3) is 0.273. The molecule has 0 nitrogen and oxygen atoms in total. The first-order valence-electron chi connectivity index (χ1n) is 4.08. The van der Waals surface area contributed by atoms with E-state index in [1.807, 2.05) is 6.92 Å². The highest BCUT2D eigenvalue weighted by Gasteiger charge is 1.88. The van der Waals surface area contributed by atoms with Crippen LogP contribution in [0.2, 0.25) is 0 Å². The van der Waals surface area contributed by atoms with Crippen molar-refractivity contribution < 1.29 is 0 Å². The van der Waals surface area contributed by atoms with Gasteiger partial charge in [-0.1, -0.05) is 43.3 Å². The normalized spacial score (nSPS) is 10.7. The van der Waals surface area contributed by atoms with Crippen LogP contribution in [-0.4, -0.2) is 0 Å². The maximum Gasteiger partial charge on any atom is -0.0257 e. The Kier molecular flexibility index (Phi) is 2.91. The summed E-state index contributed by atoms with van der Waals surface area (Å²) in [5.41, 5.74) is 2.70. The maximum absolute atomic E-state index is 2.22. The van der Waals surface area contributed by atoms with E-state index in [1.165, 1.54) is 11.1 Å². The predicted octanol–water partition coefficient (Wildman–Crippen LogP) is 3.28. The monoisotopic (exact) mass is 146 g/mol. The molecule has 0 radical (unpaired) electrons. The van der Waals surface area contributed by atoms with Crippen molar-refractivity contribution in [1.82, 2.24) is 0 Å². The molecule has 0 aromatic heterocycles. The fourth-order valence-electron chi connectivity index (χ4n) is 1.11. The molecule has 0 N–H and O–H groups in total. The van der Waals surface area contributed by atoms with Gasteiger partial charge in [0.05, 0.1) is 0 Å². The molecule has 58 valence electrons. The number of rotatable bonds is 2. The Morgan fingerprint density at radius 2 is 2.18 bits per heavy atom. The zero-order chi connectivity index (χ0) is 8.10. The molecular weight excluding hydrogens is 132 g/mol. The lowest BCUT2D eigenvalue weighted by atomic mass is 10.1. The van der Waals surface area contributed by atoms with Crippen molar-refractivity contribution in [3.63, 3.8) is 0 Å². The molecule has 1 rings (SSSR count). The predicted molar refractivity (Wildman–Crippen MR) is 50.5 cm³/mol. The summed E-state index contributed by atoms with van der Waals surface area (Å²) < 4.78 is 0. The molecule has 0 unspecified atom stereocenters. The highest BCUT2D eigenvalue weighted by Crippen LogP contribution is 2.06. The maximum atomic E-state index is 2.22. The summed E-state index contributed by atoms with van der Waals surface area (Å²) in [5.74, 6) is 0. The lowest BCUT2D eigenvalue weighted by molar-refractivity contribution is 1.14. The molecule has 0 aliphatic rings. The average molecular weight is 146 g/mol. The average Bonchev–Trinajstić information content (AvgIpc) is 2.06. The van der Waals surface area contributed by atoms with E-state index in [0.717, 1.165) is 6.42 Å². The third-order valence-corrected chi connectivity index (χ3v) is 1.72. The number of aryl methyl sites for hydroxylation is 1. The van der Waals surface area contributed by atoms with Crippen LogP contribution in [0.15, 0.2) is 30.3 Å². The van der Waals surface area contributed by atoms with Crippen molar-refractivity contribution >= 4 is 6.08 Å². The quantitative estimate of drug-likeness (QED) is 0.600. The molecule has 0 spiro atoms. The summed E-state index contributed by atoms with van der Waals surface area (Å²) in [4.78, 5) is 0. The van der Waals surface area contributed by atoms with E-state index in [-0.39, 0.29) is 0 Å². The van der Waals surface area contributed by atoms with Gasteiger partial charge in [-0.05, 0) is 24.5 Å². The molecule has 0 aliphatic heterocycles. The molecule has 0 saturated heterocycles. The lowest BCUT2D eigenvalue weighted by Crippen LogP contribution is -1.79. The molecule has 0 heterocycles. The second-order valence-corrected chi connectivity index (χ2v) is 2.60. The molecule has 1 aromatic carbocycles. The fourth-order valence-corrected chi connectivity index (χ4v) is 1.11. The summed E-state index contributed by atoms with van der Waals surface area (Å²) in [6.07, 6.45) is 5.30. The van der Waals surface area contributed by atoms with Gasteiger partial charge in [0, 0.05) is 0 Å². The van der Waals surface area contributed by atoms with E-state index in [2.05, 4.69) is 43.3 Å². The van der Waals surface area contributed by atoms with Gasteiger partial charge in [-0.15, -0.1) is 0 Å². The zero-order valence-corrected chi connectivity index (χ0v) is 7.17. The molecule has 0 atom stereocenters. The van der Waals surface area contributed by atoms with E-state index in [1.54, 1.807) is 0 Å². The molecule has 0 heteroatoms. The lowest BCUT2D eigenvalue weighted by Gasteiger charge is -1.96. The standard InChI is InChI=1S/C11H14/c1-3-6-11-8-5-7-10(4-2)9-11/h3,5-9H,4H2,1-2H3/b6-3+. The zero-order valence-electron chi connectivity index (χ0n) is 7.17. The van der Waals surface area contributed by atoms with Crippen molar-refractivity contribution in [3.8, 4) is 0 Å². The van der Waals surface area contributed by atoms with E-state index in [9.17, 15) is 0 Å². The summed E-state index contributed by atoms with van der Waals surface area (Å²) in [7, 11) is 0. The van der Waals surface area contributed by atoms with Gasteiger partial charge in [-0.2, -0.15) is 0 Å². The summed E-state index contributed by atoms with van der Waals surface area (Å²) in [6.45, 7) is 4.22. The molecular formula is C11H14. The van der Waals surface area contributed by atoms with E-state index in [0.29, 0.717) is 0 Å². The third-order valence-electron chi connectivity index (χ3n) is 1.72. The highest BCUT2D eigenvalue weighted by molar-refractivity contribution is 5.49. The Balaban J connectivity index is 2.91. The van der Waals surface area contributed by atoms with Crippen LogP contribution >= 0.6 is 0 Å². The van der Waals surface area contributed by atoms with E-state index >= 15 is 0 Å². The van der Waals surface area contributed by atoms with Crippen LogP contribution in [0.5, 0.6) is 0 Å². The Morgan fingerprint density at radius 3 is 2.82 bits per heavy atom. The summed E-state index contributed by atoms with van der Waals surface area (Å²) in [5, 5.41) is 0. The minimum atomic E-state index is 1.12. The van der Waals surface area contributed by atoms with Gasteiger partial charge in [-0.25, -0.2) is 0 Å².